The highest BCUT2D eigenvalue weighted by Crippen LogP contribution is 2.33. The SMILES string of the molecule is O=C(Nc1cccnc1)c1cc(S(=O)(=O)N2CCCc3ccccc32)ccc1Cl. The van der Waals surface area contributed by atoms with Crippen molar-refractivity contribution in [2.24, 2.45) is 0 Å². The molecule has 0 spiro atoms. The molecule has 0 unspecified atom stereocenters. The number of aromatic nitrogens is 1. The van der Waals surface area contributed by atoms with Gasteiger partial charge in [0.25, 0.3) is 15.9 Å². The van der Waals surface area contributed by atoms with Gasteiger partial charge in [0.2, 0.25) is 0 Å². The number of anilines is 2. The van der Waals surface area contributed by atoms with Gasteiger partial charge in [-0.25, -0.2) is 8.42 Å². The van der Waals surface area contributed by atoms with Crippen LogP contribution in [-0.4, -0.2) is 25.9 Å². The fourth-order valence-corrected chi connectivity index (χ4v) is 5.12. The Morgan fingerprint density at radius 3 is 2.72 bits per heavy atom. The Morgan fingerprint density at radius 1 is 1.10 bits per heavy atom. The minimum absolute atomic E-state index is 0.0231. The number of sulfonamides is 1. The van der Waals surface area contributed by atoms with E-state index < -0.39 is 15.9 Å². The van der Waals surface area contributed by atoms with Crippen LogP contribution in [0.3, 0.4) is 0 Å². The lowest BCUT2D eigenvalue weighted by Crippen LogP contribution is -2.35. The molecular formula is C21H18ClN3O3S. The molecule has 1 aliphatic rings. The highest BCUT2D eigenvalue weighted by atomic mass is 35.5. The number of fused-ring (bicyclic) bond motifs is 1. The Morgan fingerprint density at radius 2 is 1.93 bits per heavy atom. The van der Waals surface area contributed by atoms with Crippen LogP contribution in [0, 0.1) is 0 Å². The van der Waals surface area contributed by atoms with Crippen molar-refractivity contribution in [2.75, 3.05) is 16.2 Å². The second kappa shape index (κ2) is 7.85. The molecule has 0 radical (unpaired) electrons. The number of nitrogens with zero attached hydrogens (tertiary/aromatic N) is 2. The average Bonchev–Trinajstić information content (AvgIpc) is 2.74. The van der Waals surface area contributed by atoms with Crippen LogP contribution in [0.1, 0.15) is 22.3 Å². The summed E-state index contributed by atoms with van der Waals surface area (Å²) in [6.07, 6.45) is 4.66. The van der Waals surface area contributed by atoms with Gasteiger partial charge >= 0.3 is 0 Å². The second-order valence-corrected chi connectivity index (χ2v) is 8.92. The van der Waals surface area contributed by atoms with Crippen molar-refractivity contribution in [3.63, 3.8) is 0 Å². The largest absolute Gasteiger partial charge is 0.321 e. The zero-order valence-electron chi connectivity index (χ0n) is 15.4. The molecule has 148 valence electrons. The number of pyridine rings is 1. The van der Waals surface area contributed by atoms with Gasteiger partial charge in [0.15, 0.2) is 0 Å². The maximum absolute atomic E-state index is 13.3. The average molecular weight is 428 g/mol. The number of benzene rings is 2. The summed E-state index contributed by atoms with van der Waals surface area (Å²) in [4.78, 5) is 16.6. The molecule has 1 amide bonds. The standard InChI is InChI=1S/C21H18ClN3O3S/c22-19-10-9-17(13-18(19)21(26)24-16-7-3-11-23-14-16)29(27,28)25-12-4-6-15-5-1-2-8-20(15)25/h1-3,5,7-11,13-14H,4,6,12H2,(H,24,26). The van der Waals surface area contributed by atoms with E-state index in [0.717, 1.165) is 18.4 Å². The molecule has 2 heterocycles. The number of rotatable bonds is 4. The van der Waals surface area contributed by atoms with Crippen molar-refractivity contribution < 1.29 is 13.2 Å². The van der Waals surface area contributed by atoms with Crippen LogP contribution in [0.15, 0.2) is 71.9 Å². The number of para-hydroxylation sites is 1. The number of nitrogens with one attached hydrogen (secondary N) is 1. The maximum atomic E-state index is 13.3. The Labute approximate surface area is 174 Å². The highest BCUT2D eigenvalue weighted by Gasteiger charge is 2.29. The number of aryl methyl sites for hydroxylation is 1. The lowest BCUT2D eigenvalue weighted by atomic mass is 10.0. The summed E-state index contributed by atoms with van der Waals surface area (Å²) < 4.78 is 28.1. The Balaban J connectivity index is 1.69. The van der Waals surface area contributed by atoms with Crippen LogP contribution >= 0.6 is 11.6 Å². The van der Waals surface area contributed by atoms with E-state index in [1.807, 2.05) is 18.2 Å². The number of carbonyl (C=O) groups excluding carboxylic acids is 1. The predicted molar refractivity (Wildman–Crippen MR) is 113 cm³/mol. The van der Waals surface area contributed by atoms with Crippen LogP contribution in [0.25, 0.3) is 0 Å². The fraction of sp³-hybridized carbons (Fsp3) is 0.143. The van der Waals surface area contributed by atoms with Crippen molar-refractivity contribution in [3.05, 3.63) is 83.1 Å². The van der Waals surface area contributed by atoms with Crippen molar-refractivity contribution in [3.8, 4) is 0 Å². The van der Waals surface area contributed by atoms with Gasteiger partial charge in [-0.15, -0.1) is 0 Å². The Hall–Kier alpha value is -2.90. The molecule has 1 aromatic heterocycles. The first-order valence-electron chi connectivity index (χ1n) is 9.08. The molecule has 6 nitrogen and oxygen atoms in total. The lowest BCUT2D eigenvalue weighted by Gasteiger charge is -2.30. The molecule has 2 aromatic carbocycles. The summed E-state index contributed by atoms with van der Waals surface area (Å²) in [5, 5.41) is 2.85. The van der Waals surface area contributed by atoms with Crippen molar-refractivity contribution in [1.29, 1.82) is 0 Å². The van der Waals surface area contributed by atoms with E-state index in [4.69, 9.17) is 11.6 Å². The van der Waals surface area contributed by atoms with Gasteiger partial charge in [0.05, 0.1) is 33.1 Å². The van der Waals surface area contributed by atoms with E-state index >= 15 is 0 Å². The highest BCUT2D eigenvalue weighted by molar-refractivity contribution is 7.92. The van der Waals surface area contributed by atoms with Crippen LogP contribution in [0.2, 0.25) is 5.02 Å². The molecule has 29 heavy (non-hydrogen) atoms. The predicted octanol–water partition coefficient (Wildman–Crippen LogP) is 4.13. The summed E-state index contributed by atoms with van der Waals surface area (Å²) in [6.45, 7) is 0.388. The summed E-state index contributed by atoms with van der Waals surface area (Å²) >= 11 is 6.19. The second-order valence-electron chi connectivity index (χ2n) is 6.65. The van der Waals surface area contributed by atoms with Gasteiger partial charge in [-0.2, -0.15) is 0 Å². The number of carbonyl (C=O) groups is 1. The molecule has 1 aliphatic heterocycles. The van der Waals surface area contributed by atoms with Gasteiger partial charge in [0, 0.05) is 12.7 Å². The van der Waals surface area contributed by atoms with Crippen molar-refractivity contribution in [2.45, 2.75) is 17.7 Å². The van der Waals surface area contributed by atoms with Crippen LogP contribution < -0.4 is 9.62 Å². The third-order valence-corrected chi connectivity index (χ3v) is 6.90. The van der Waals surface area contributed by atoms with Gasteiger partial charge in [-0.05, 0) is 54.8 Å². The maximum Gasteiger partial charge on any atom is 0.264 e. The molecule has 1 N–H and O–H groups in total. The molecule has 3 aromatic rings. The molecule has 0 saturated heterocycles. The van der Waals surface area contributed by atoms with Crippen LogP contribution in [-0.2, 0) is 16.4 Å². The van der Waals surface area contributed by atoms with E-state index in [1.165, 1.54) is 28.7 Å². The first kappa shape index (κ1) is 19.4. The molecule has 0 fully saturated rings. The molecule has 0 bridgehead atoms. The van der Waals surface area contributed by atoms with Gasteiger partial charge in [-0.1, -0.05) is 29.8 Å². The minimum Gasteiger partial charge on any atom is -0.321 e. The van der Waals surface area contributed by atoms with Gasteiger partial charge in [0.1, 0.15) is 0 Å². The van der Waals surface area contributed by atoms with E-state index in [-0.39, 0.29) is 15.5 Å². The summed E-state index contributed by atoms with van der Waals surface area (Å²) in [6, 6.07) is 15.0. The van der Waals surface area contributed by atoms with Crippen molar-refractivity contribution >= 4 is 38.9 Å². The number of halogens is 1. The summed E-state index contributed by atoms with van der Waals surface area (Å²) in [5.74, 6) is -0.501. The van der Waals surface area contributed by atoms with E-state index in [2.05, 4.69) is 10.3 Å². The lowest BCUT2D eigenvalue weighted by molar-refractivity contribution is 0.102. The smallest absolute Gasteiger partial charge is 0.264 e. The first-order chi connectivity index (χ1) is 14.0. The van der Waals surface area contributed by atoms with Gasteiger partial charge in [-0.3, -0.25) is 14.1 Å². The zero-order valence-corrected chi connectivity index (χ0v) is 16.9. The molecule has 0 saturated carbocycles. The molecular weight excluding hydrogens is 410 g/mol. The molecule has 0 atom stereocenters. The Bertz CT molecular complexity index is 1170. The molecule has 4 rings (SSSR count). The van der Waals surface area contributed by atoms with Crippen LogP contribution in [0.4, 0.5) is 11.4 Å². The zero-order chi connectivity index (χ0) is 20.4. The first-order valence-corrected chi connectivity index (χ1v) is 10.9. The van der Waals surface area contributed by atoms with Gasteiger partial charge < -0.3 is 5.32 Å². The molecule has 0 aliphatic carbocycles. The number of hydrogen-bond acceptors (Lipinski definition) is 4. The van der Waals surface area contributed by atoms with E-state index in [9.17, 15) is 13.2 Å². The van der Waals surface area contributed by atoms with Crippen LogP contribution in [0.5, 0.6) is 0 Å². The summed E-state index contributed by atoms with van der Waals surface area (Å²) in [7, 11) is -3.84. The normalized spacial score (nSPS) is 13.6. The summed E-state index contributed by atoms with van der Waals surface area (Å²) in [5.41, 5.74) is 2.24. The molecule has 8 heteroatoms. The minimum atomic E-state index is -3.84. The monoisotopic (exact) mass is 427 g/mol. The fourth-order valence-electron chi connectivity index (χ4n) is 3.35. The van der Waals surface area contributed by atoms with E-state index in [1.54, 1.807) is 24.4 Å². The Kier molecular flexibility index (Phi) is 5.25. The van der Waals surface area contributed by atoms with Crippen molar-refractivity contribution in [1.82, 2.24) is 4.98 Å². The topological polar surface area (TPSA) is 79.4 Å². The van der Waals surface area contributed by atoms with E-state index in [0.29, 0.717) is 17.9 Å². The quantitative estimate of drug-likeness (QED) is 0.679. The number of amides is 1. The third kappa shape index (κ3) is 3.83. The third-order valence-electron chi connectivity index (χ3n) is 4.76. The number of hydrogen-bond donors (Lipinski definition) is 1.